The first-order valence-corrected chi connectivity index (χ1v) is 6.73. The van der Waals surface area contributed by atoms with Crippen LogP contribution in [-0.4, -0.2) is 11.9 Å². The van der Waals surface area contributed by atoms with Crippen molar-refractivity contribution in [3.05, 3.63) is 0 Å². The monoisotopic (exact) mass is 228 g/mol. The molecule has 0 aromatic rings. The van der Waals surface area contributed by atoms with Crippen molar-refractivity contribution in [1.29, 1.82) is 0 Å². The van der Waals surface area contributed by atoms with Crippen LogP contribution < -0.4 is 11.5 Å². The Morgan fingerprint density at radius 2 is 1.38 bits per heavy atom. The Morgan fingerprint density at radius 3 is 1.81 bits per heavy atom. The quantitative estimate of drug-likeness (QED) is 0.534. The van der Waals surface area contributed by atoms with Gasteiger partial charge in [-0.2, -0.15) is 0 Å². The highest BCUT2D eigenvalue weighted by molar-refractivity contribution is 5.79. The molecule has 1 unspecified atom stereocenters. The molecule has 0 aliphatic rings. The zero-order chi connectivity index (χ0) is 12.2. The zero-order valence-electron chi connectivity index (χ0n) is 10.7. The lowest BCUT2D eigenvalue weighted by Crippen LogP contribution is -2.36. The first kappa shape index (κ1) is 15.4. The maximum Gasteiger partial charge on any atom is 0.234 e. The van der Waals surface area contributed by atoms with Gasteiger partial charge in [0, 0.05) is 0 Å². The Hall–Kier alpha value is -0.570. The molecule has 1 amide bonds. The maximum atomic E-state index is 10.7. The summed E-state index contributed by atoms with van der Waals surface area (Å²) in [5, 5.41) is 0. The molecule has 0 aliphatic heterocycles. The predicted octanol–water partition coefficient (Wildman–Crippen LogP) is 2.72. The molecule has 0 radical (unpaired) electrons. The highest BCUT2D eigenvalue weighted by Gasteiger charge is 2.07. The molecule has 0 rings (SSSR count). The van der Waals surface area contributed by atoms with Crippen molar-refractivity contribution in [3.63, 3.8) is 0 Å². The molecular formula is C13H28N2O. The van der Waals surface area contributed by atoms with Crippen molar-refractivity contribution in [3.8, 4) is 0 Å². The molecule has 0 saturated heterocycles. The highest BCUT2D eigenvalue weighted by atomic mass is 16.1. The molecule has 0 saturated carbocycles. The number of carbonyl (C=O) groups excluding carboxylic acids is 1. The Kier molecular flexibility index (Phi) is 10.5. The third kappa shape index (κ3) is 9.97. The molecule has 0 aromatic heterocycles. The molecule has 0 bridgehead atoms. The van der Waals surface area contributed by atoms with Gasteiger partial charge in [0.25, 0.3) is 0 Å². The Morgan fingerprint density at radius 1 is 0.938 bits per heavy atom. The molecule has 3 nitrogen and oxygen atoms in total. The topological polar surface area (TPSA) is 69.1 Å². The molecule has 0 fully saturated rings. The van der Waals surface area contributed by atoms with Gasteiger partial charge in [0.1, 0.15) is 0 Å². The number of amides is 1. The van der Waals surface area contributed by atoms with Gasteiger partial charge in [-0.05, 0) is 6.42 Å². The Balaban J connectivity index is 3.07. The fraction of sp³-hybridized carbons (Fsp3) is 0.923. The zero-order valence-corrected chi connectivity index (χ0v) is 10.7. The number of primary amides is 1. The molecule has 0 aliphatic carbocycles. The molecule has 1 atom stereocenters. The van der Waals surface area contributed by atoms with Gasteiger partial charge in [0.05, 0.1) is 6.04 Å². The van der Waals surface area contributed by atoms with Crippen LogP contribution in [0.1, 0.15) is 71.1 Å². The van der Waals surface area contributed by atoms with Crippen LogP contribution in [0.5, 0.6) is 0 Å². The summed E-state index contributed by atoms with van der Waals surface area (Å²) in [6.45, 7) is 2.24. The van der Waals surface area contributed by atoms with Crippen LogP contribution in [0, 0.1) is 0 Å². The van der Waals surface area contributed by atoms with E-state index in [4.69, 9.17) is 11.5 Å². The van der Waals surface area contributed by atoms with Gasteiger partial charge in [0.2, 0.25) is 5.91 Å². The van der Waals surface area contributed by atoms with E-state index in [1.165, 1.54) is 51.4 Å². The summed E-state index contributed by atoms with van der Waals surface area (Å²) in [6, 6.07) is -0.440. The highest BCUT2D eigenvalue weighted by Crippen LogP contribution is 2.10. The van der Waals surface area contributed by atoms with Crippen molar-refractivity contribution in [2.45, 2.75) is 77.2 Å². The van der Waals surface area contributed by atoms with E-state index in [-0.39, 0.29) is 5.91 Å². The molecule has 0 aromatic carbocycles. The second kappa shape index (κ2) is 10.9. The van der Waals surface area contributed by atoms with Crippen molar-refractivity contribution < 1.29 is 4.79 Å². The number of unbranched alkanes of at least 4 members (excludes halogenated alkanes) is 8. The van der Waals surface area contributed by atoms with Crippen molar-refractivity contribution in [2.24, 2.45) is 11.5 Å². The van der Waals surface area contributed by atoms with E-state index >= 15 is 0 Å². The van der Waals surface area contributed by atoms with Crippen LogP contribution in [0.15, 0.2) is 0 Å². The third-order valence-corrected chi connectivity index (χ3v) is 2.98. The maximum absolute atomic E-state index is 10.7. The molecule has 3 heteroatoms. The third-order valence-electron chi connectivity index (χ3n) is 2.98. The average molecular weight is 228 g/mol. The van der Waals surface area contributed by atoms with E-state index in [1.54, 1.807) is 0 Å². The minimum atomic E-state index is -0.440. The van der Waals surface area contributed by atoms with Gasteiger partial charge in [-0.25, -0.2) is 0 Å². The predicted molar refractivity (Wildman–Crippen MR) is 69.0 cm³/mol. The van der Waals surface area contributed by atoms with E-state index in [1.807, 2.05) is 0 Å². The van der Waals surface area contributed by atoms with Crippen molar-refractivity contribution in [2.75, 3.05) is 0 Å². The van der Waals surface area contributed by atoms with E-state index in [9.17, 15) is 4.79 Å². The number of hydrogen-bond donors (Lipinski definition) is 2. The lowest BCUT2D eigenvalue weighted by Gasteiger charge is -2.06. The summed E-state index contributed by atoms with van der Waals surface area (Å²) < 4.78 is 0. The number of nitrogens with two attached hydrogens (primary N) is 2. The molecule has 96 valence electrons. The van der Waals surface area contributed by atoms with E-state index in [0.29, 0.717) is 0 Å². The second-order valence-electron chi connectivity index (χ2n) is 4.63. The Labute approximate surface area is 100.0 Å². The van der Waals surface area contributed by atoms with Crippen LogP contribution in [0.4, 0.5) is 0 Å². The van der Waals surface area contributed by atoms with Gasteiger partial charge in [0.15, 0.2) is 0 Å². The van der Waals surface area contributed by atoms with Crippen molar-refractivity contribution in [1.82, 2.24) is 0 Å². The lowest BCUT2D eigenvalue weighted by molar-refractivity contribution is -0.119. The molecule has 16 heavy (non-hydrogen) atoms. The van der Waals surface area contributed by atoms with Gasteiger partial charge in [-0.15, -0.1) is 0 Å². The number of carbonyl (C=O) groups is 1. The standard InChI is InChI=1S/C13H28N2O/c1-2-3-4-5-6-7-8-9-10-11-12(14)13(15)16/h12H,2-11,14H2,1H3,(H2,15,16). The minimum absolute atomic E-state index is 0.375. The summed E-state index contributed by atoms with van der Waals surface area (Å²) in [5.41, 5.74) is 10.6. The minimum Gasteiger partial charge on any atom is -0.368 e. The first-order chi connectivity index (χ1) is 7.68. The fourth-order valence-corrected chi connectivity index (χ4v) is 1.82. The van der Waals surface area contributed by atoms with E-state index in [2.05, 4.69) is 6.92 Å². The molecular weight excluding hydrogens is 200 g/mol. The largest absolute Gasteiger partial charge is 0.368 e. The normalized spacial score (nSPS) is 12.6. The van der Waals surface area contributed by atoms with E-state index < -0.39 is 6.04 Å². The van der Waals surface area contributed by atoms with Crippen LogP contribution in [0.25, 0.3) is 0 Å². The smallest absolute Gasteiger partial charge is 0.234 e. The summed E-state index contributed by atoms with van der Waals surface area (Å²) in [5.74, 6) is -0.375. The first-order valence-electron chi connectivity index (χ1n) is 6.73. The average Bonchev–Trinajstić information content (AvgIpc) is 2.26. The van der Waals surface area contributed by atoms with Crippen LogP contribution >= 0.6 is 0 Å². The fourth-order valence-electron chi connectivity index (χ4n) is 1.82. The van der Waals surface area contributed by atoms with E-state index in [0.717, 1.165) is 12.8 Å². The summed E-state index contributed by atoms with van der Waals surface area (Å²) in [6.07, 6.45) is 12.3. The van der Waals surface area contributed by atoms with Gasteiger partial charge < -0.3 is 11.5 Å². The Bertz CT molecular complexity index is 171. The lowest BCUT2D eigenvalue weighted by atomic mass is 10.0. The summed E-state index contributed by atoms with van der Waals surface area (Å²) >= 11 is 0. The molecule has 0 heterocycles. The summed E-state index contributed by atoms with van der Waals surface area (Å²) in [7, 11) is 0. The molecule has 4 N–H and O–H groups in total. The summed E-state index contributed by atoms with van der Waals surface area (Å²) in [4.78, 5) is 10.7. The van der Waals surface area contributed by atoms with Crippen molar-refractivity contribution >= 4 is 5.91 Å². The SMILES string of the molecule is CCCCCCCCCCCC(N)C(N)=O. The van der Waals surface area contributed by atoms with Crippen LogP contribution in [0.2, 0.25) is 0 Å². The van der Waals surface area contributed by atoms with Gasteiger partial charge >= 0.3 is 0 Å². The van der Waals surface area contributed by atoms with Crippen LogP contribution in [-0.2, 0) is 4.79 Å². The number of rotatable bonds is 11. The van der Waals surface area contributed by atoms with Crippen LogP contribution in [0.3, 0.4) is 0 Å². The second-order valence-corrected chi connectivity index (χ2v) is 4.63. The molecule has 0 spiro atoms. The number of hydrogen-bond acceptors (Lipinski definition) is 2. The van der Waals surface area contributed by atoms with Gasteiger partial charge in [-0.3, -0.25) is 4.79 Å². The van der Waals surface area contributed by atoms with Gasteiger partial charge in [-0.1, -0.05) is 64.7 Å².